The summed E-state index contributed by atoms with van der Waals surface area (Å²) in [6.45, 7) is 6.59. The lowest BCUT2D eigenvalue weighted by molar-refractivity contribution is -0.144. The second-order valence-corrected chi connectivity index (χ2v) is 3.01. The summed E-state index contributed by atoms with van der Waals surface area (Å²) in [5.41, 5.74) is 0. The molecule has 1 aliphatic heterocycles. The topological polar surface area (TPSA) is 35.5 Å². The third-order valence-corrected chi connectivity index (χ3v) is 2.02. The fourth-order valence-corrected chi connectivity index (χ4v) is 1.08. The Bertz CT molecular complexity index is 173. The van der Waals surface area contributed by atoms with Crippen LogP contribution in [0.25, 0.3) is 0 Å². The van der Waals surface area contributed by atoms with Crippen LogP contribution < -0.4 is 0 Å². The van der Waals surface area contributed by atoms with Crippen LogP contribution in [0.4, 0.5) is 0 Å². The highest BCUT2D eigenvalue weighted by molar-refractivity contribution is 5.81. The van der Waals surface area contributed by atoms with Gasteiger partial charge in [-0.25, -0.2) is 4.79 Å². The first-order chi connectivity index (χ1) is 5.74. The van der Waals surface area contributed by atoms with Crippen molar-refractivity contribution in [1.82, 2.24) is 0 Å². The largest absolute Gasteiger partial charge is 0.462 e. The molecule has 1 rings (SSSR count). The lowest BCUT2D eigenvalue weighted by Gasteiger charge is -2.31. The van der Waals surface area contributed by atoms with Gasteiger partial charge in [-0.15, -0.1) is 0 Å². The van der Waals surface area contributed by atoms with Crippen LogP contribution in [0.2, 0.25) is 0 Å². The van der Waals surface area contributed by atoms with Crippen molar-refractivity contribution in [2.75, 3.05) is 13.2 Å². The Morgan fingerprint density at radius 2 is 2.58 bits per heavy atom. The van der Waals surface area contributed by atoms with Crippen LogP contribution in [0.5, 0.6) is 0 Å². The van der Waals surface area contributed by atoms with Gasteiger partial charge in [-0.2, -0.15) is 0 Å². The number of carbonyl (C=O) groups is 1. The predicted octanol–water partition coefficient (Wildman–Crippen LogP) is 1.14. The van der Waals surface area contributed by atoms with Crippen LogP contribution in [-0.4, -0.2) is 25.3 Å². The Balaban J connectivity index is 2.12. The monoisotopic (exact) mass is 170 g/mol. The summed E-state index contributed by atoms with van der Waals surface area (Å²) in [6, 6.07) is 0. The number of ether oxygens (including phenoxy) is 2. The SMILES string of the molecule is C=CC(=O)OCC(C)C1CCO1. The van der Waals surface area contributed by atoms with Crippen molar-refractivity contribution in [3.8, 4) is 0 Å². The number of esters is 1. The van der Waals surface area contributed by atoms with Gasteiger partial charge in [0.1, 0.15) is 0 Å². The predicted molar refractivity (Wildman–Crippen MR) is 44.7 cm³/mol. The summed E-state index contributed by atoms with van der Waals surface area (Å²) in [5, 5.41) is 0. The van der Waals surface area contributed by atoms with E-state index >= 15 is 0 Å². The quantitative estimate of drug-likeness (QED) is 0.469. The fourth-order valence-electron chi connectivity index (χ4n) is 1.08. The second kappa shape index (κ2) is 4.26. The standard InChI is InChI=1S/C9H14O3/c1-3-9(10)12-6-7(2)8-4-5-11-8/h3,7-8H,1,4-6H2,2H3. The van der Waals surface area contributed by atoms with Gasteiger partial charge in [-0.3, -0.25) is 0 Å². The van der Waals surface area contributed by atoms with Crippen molar-refractivity contribution in [2.24, 2.45) is 5.92 Å². The molecule has 1 fully saturated rings. The van der Waals surface area contributed by atoms with Crippen LogP contribution in [0.1, 0.15) is 13.3 Å². The zero-order chi connectivity index (χ0) is 8.97. The fraction of sp³-hybridized carbons (Fsp3) is 0.667. The molecule has 1 heterocycles. The minimum absolute atomic E-state index is 0.280. The van der Waals surface area contributed by atoms with Gasteiger partial charge in [0.05, 0.1) is 12.7 Å². The highest BCUT2D eigenvalue weighted by atomic mass is 16.5. The van der Waals surface area contributed by atoms with Crippen molar-refractivity contribution in [3.63, 3.8) is 0 Å². The average molecular weight is 170 g/mol. The molecule has 2 unspecified atom stereocenters. The van der Waals surface area contributed by atoms with E-state index in [-0.39, 0.29) is 12.1 Å². The number of rotatable bonds is 4. The van der Waals surface area contributed by atoms with E-state index in [1.54, 1.807) is 0 Å². The molecule has 0 aromatic carbocycles. The maximum absolute atomic E-state index is 10.7. The van der Waals surface area contributed by atoms with E-state index in [0.29, 0.717) is 12.5 Å². The minimum Gasteiger partial charge on any atom is -0.462 e. The molecule has 0 spiro atoms. The van der Waals surface area contributed by atoms with Gasteiger partial charge in [0.25, 0.3) is 0 Å². The second-order valence-electron chi connectivity index (χ2n) is 3.01. The molecule has 68 valence electrons. The van der Waals surface area contributed by atoms with E-state index < -0.39 is 0 Å². The van der Waals surface area contributed by atoms with Gasteiger partial charge in [0.2, 0.25) is 0 Å². The molecule has 0 radical (unpaired) electrons. The Labute approximate surface area is 72.4 Å². The van der Waals surface area contributed by atoms with Gasteiger partial charge >= 0.3 is 5.97 Å². The zero-order valence-electron chi connectivity index (χ0n) is 7.29. The van der Waals surface area contributed by atoms with Crippen LogP contribution in [0.15, 0.2) is 12.7 Å². The van der Waals surface area contributed by atoms with E-state index in [1.807, 2.05) is 6.92 Å². The number of hydrogen-bond donors (Lipinski definition) is 0. The smallest absolute Gasteiger partial charge is 0.330 e. The molecule has 0 N–H and O–H groups in total. The molecule has 12 heavy (non-hydrogen) atoms. The molecule has 2 atom stereocenters. The first-order valence-corrected chi connectivity index (χ1v) is 4.15. The summed E-state index contributed by atoms with van der Waals surface area (Å²) >= 11 is 0. The summed E-state index contributed by atoms with van der Waals surface area (Å²) in [4.78, 5) is 10.7. The van der Waals surface area contributed by atoms with Crippen molar-refractivity contribution in [2.45, 2.75) is 19.4 Å². The molecule has 0 aliphatic carbocycles. The average Bonchev–Trinajstić information content (AvgIpc) is 1.97. The normalized spacial score (nSPS) is 23.9. The molecule has 0 bridgehead atoms. The van der Waals surface area contributed by atoms with Gasteiger partial charge in [-0.1, -0.05) is 13.5 Å². The number of carbonyl (C=O) groups excluding carboxylic acids is 1. The third kappa shape index (κ3) is 2.34. The third-order valence-electron chi connectivity index (χ3n) is 2.02. The Morgan fingerprint density at radius 1 is 1.92 bits per heavy atom. The van der Waals surface area contributed by atoms with E-state index in [0.717, 1.165) is 13.0 Å². The van der Waals surface area contributed by atoms with Gasteiger partial charge in [-0.05, 0) is 6.42 Å². The van der Waals surface area contributed by atoms with Gasteiger partial charge in [0.15, 0.2) is 0 Å². The summed E-state index contributed by atoms with van der Waals surface area (Å²) < 4.78 is 10.1. The van der Waals surface area contributed by atoms with Crippen molar-refractivity contribution in [1.29, 1.82) is 0 Å². The van der Waals surface area contributed by atoms with E-state index in [4.69, 9.17) is 9.47 Å². The Kier molecular flexibility index (Phi) is 3.29. The van der Waals surface area contributed by atoms with Crippen LogP contribution >= 0.6 is 0 Å². The van der Waals surface area contributed by atoms with E-state index in [1.165, 1.54) is 6.08 Å². The molecule has 0 saturated carbocycles. The molecule has 0 aromatic heterocycles. The molecular weight excluding hydrogens is 156 g/mol. The lowest BCUT2D eigenvalue weighted by Crippen LogP contribution is -2.35. The number of hydrogen-bond acceptors (Lipinski definition) is 3. The van der Waals surface area contributed by atoms with E-state index in [2.05, 4.69) is 6.58 Å². The highest BCUT2D eigenvalue weighted by Gasteiger charge is 2.25. The first-order valence-electron chi connectivity index (χ1n) is 4.15. The summed E-state index contributed by atoms with van der Waals surface area (Å²) in [7, 11) is 0. The molecule has 3 heteroatoms. The highest BCUT2D eigenvalue weighted by Crippen LogP contribution is 2.20. The van der Waals surface area contributed by atoms with Gasteiger partial charge < -0.3 is 9.47 Å². The maximum atomic E-state index is 10.7. The van der Waals surface area contributed by atoms with Crippen molar-refractivity contribution >= 4 is 5.97 Å². The minimum atomic E-state index is -0.360. The van der Waals surface area contributed by atoms with Crippen LogP contribution in [0.3, 0.4) is 0 Å². The lowest BCUT2D eigenvalue weighted by atomic mass is 10.00. The molecule has 0 aromatic rings. The van der Waals surface area contributed by atoms with Crippen molar-refractivity contribution < 1.29 is 14.3 Å². The Morgan fingerprint density at radius 3 is 3.00 bits per heavy atom. The molecule has 1 saturated heterocycles. The molecule has 1 aliphatic rings. The van der Waals surface area contributed by atoms with Crippen LogP contribution in [0, 0.1) is 5.92 Å². The van der Waals surface area contributed by atoms with E-state index in [9.17, 15) is 4.79 Å². The molecule has 0 amide bonds. The molecule has 3 nitrogen and oxygen atoms in total. The molecular formula is C9H14O3. The Hall–Kier alpha value is -0.830. The van der Waals surface area contributed by atoms with Crippen molar-refractivity contribution in [3.05, 3.63) is 12.7 Å². The zero-order valence-corrected chi connectivity index (χ0v) is 7.29. The summed E-state index contributed by atoms with van der Waals surface area (Å²) in [5.74, 6) is -0.0659. The van der Waals surface area contributed by atoms with Gasteiger partial charge in [0, 0.05) is 18.6 Å². The maximum Gasteiger partial charge on any atom is 0.330 e. The first kappa shape index (κ1) is 9.26. The van der Waals surface area contributed by atoms with Crippen LogP contribution in [-0.2, 0) is 14.3 Å². The summed E-state index contributed by atoms with van der Waals surface area (Å²) in [6.07, 6.45) is 2.53.